The van der Waals surface area contributed by atoms with Gasteiger partial charge in [0, 0.05) is 26.2 Å². The topological polar surface area (TPSA) is 97.7 Å². The fraction of sp³-hybridized carbons (Fsp3) is 0.500. The average molecular weight is 265 g/mol. The molecule has 1 aromatic rings. The Morgan fingerprint density at radius 3 is 2.58 bits per heavy atom. The van der Waals surface area contributed by atoms with Crippen LogP contribution in [0.25, 0.3) is 0 Å². The van der Waals surface area contributed by atoms with E-state index in [0.29, 0.717) is 44.3 Å². The van der Waals surface area contributed by atoms with Gasteiger partial charge in [0.1, 0.15) is 11.6 Å². The molecule has 0 aliphatic carbocycles. The third-order valence-electron chi connectivity index (χ3n) is 3.07. The van der Waals surface area contributed by atoms with Crippen molar-refractivity contribution in [1.29, 1.82) is 0 Å². The Bertz CT molecular complexity index is 457. The van der Waals surface area contributed by atoms with E-state index in [2.05, 4.69) is 9.88 Å². The van der Waals surface area contributed by atoms with Crippen molar-refractivity contribution in [3.05, 3.63) is 12.1 Å². The lowest BCUT2D eigenvalue weighted by Crippen LogP contribution is -2.49. The Hall–Kier alpha value is -2.18. The maximum Gasteiger partial charge on any atom is 0.409 e. The number of carbonyl (C=O) groups is 1. The van der Waals surface area contributed by atoms with Crippen LogP contribution in [-0.2, 0) is 4.74 Å². The number of aromatic nitrogens is 1. The smallest absolute Gasteiger partial charge is 0.409 e. The van der Waals surface area contributed by atoms with Crippen LogP contribution < -0.4 is 16.4 Å². The first-order valence-electron chi connectivity index (χ1n) is 6.30. The van der Waals surface area contributed by atoms with Gasteiger partial charge in [-0.15, -0.1) is 0 Å². The highest BCUT2D eigenvalue weighted by Gasteiger charge is 2.22. The number of amides is 1. The van der Waals surface area contributed by atoms with Crippen LogP contribution in [0.3, 0.4) is 0 Å². The highest BCUT2D eigenvalue weighted by Crippen LogP contribution is 2.19. The summed E-state index contributed by atoms with van der Waals surface area (Å²) < 4.78 is 4.97. The molecule has 0 unspecified atom stereocenters. The average Bonchev–Trinajstić information content (AvgIpc) is 2.42. The molecule has 0 saturated carbocycles. The van der Waals surface area contributed by atoms with Crippen molar-refractivity contribution in [2.75, 3.05) is 49.2 Å². The molecule has 19 heavy (non-hydrogen) atoms. The van der Waals surface area contributed by atoms with Crippen molar-refractivity contribution in [3.63, 3.8) is 0 Å². The summed E-state index contributed by atoms with van der Waals surface area (Å²) in [5.74, 6) is 1.13. The Morgan fingerprint density at radius 1 is 1.32 bits per heavy atom. The van der Waals surface area contributed by atoms with Crippen LogP contribution in [0, 0.1) is 0 Å². The Labute approximate surface area is 112 Å². The number of ether oxygens (including phenoxy) is 1. The molecule has 0 radical (unpaired) electrons. The molecule has 1 fully saturated rings. The molecule has 0 bridgehead atoms. The standard InChI is InChI=1S/C12H19N5O2/c1-2-19-12(18)17-7-5-16(6-8-17)10-4-3-9(13)11(14)15-10/h3-4H,2,5-8,13H2,1H3,(H2,14,15). The van der Waals surface area contributed by atoms with Crippen molar-refractivity contribution < 1.29 is 9.53 Å². The summed E-state index contributed by atoms with van der Waals surface area (Å²) in [5.41, 5.74) is 11.8. The number of piperazine rings is 1. The van der Waals surface area contributed by atoms with E-state index in [0.717, 1.165) is 5.82 Å². The third-order valence-corrected chi connectivity index (χ3v) is 3.07. The Morgan fingerprint density at radius 2 is 2.00 bits per heavy atom. The molecular formula is C12H19N5O2. The molecule has 7 heteroatoms. The van der Waals surface area contributed by atoms with Crippen molar-refractivity contribution in [2.24, 2.45) is 0 Å². The van der Waals surface area contributed by atoms with Crippen LogP contribution in [0.2, 0.25) is 0 Å². The fourth-order valence-corrected chi connectivity index (χ4v) is 1.98. The highest BCUT2D eigenvalue weighted by atomic mass is 16.6. The molecule has 1 saturated heterocycles. The second-order valence-electron chi connectivity index (χ2n) is 4.32. The molecule has 1 amide bonds. The van der Waals surface area contributed by atoms with Crippen LogP contribution in [0.4, 0.5) is 22.1 Å². The summed E-state index contributed by atoms with van der Waals surface area (Å²) >= 11 is 0. The minimum atomic E-state index is -0.257. The molecule has 1 aromatic heterocycles. The van der Waals surface area contributed by atoms with E-state index in [1.54, 1.807) is 17.9 Å². The van der Waals surface area contributed by atoms with Gasteiger partial charge in [-0.3, -0.25) is 0 Å². The van der Waals surface area contributed by atoms with Crippen molar-refractivity contribution in [1.82, 2.24) is 9.88 Å². The molecule has 104 valence electrons. The van der Waals surface area contributed by atoms with E-state index in [-0.39, 0.29) is 6.09 Å². The predicted molar refractivity (Wildman–Crippen MR) is 73.9 cm³/mol. The van der Waals surface area contributed by atoms with Crippen molar-refractivity contribution in [2.45, 2.75) is 6.92 Å². The molecule has 0 atom stereocenters. The Kier molecular flexibility index (Phi) is 3.94. The minimum absolute atomic E-state index is 0.257. The predicted octanol–water partition coefficient (Wildman–Crippen LogP) is 0.525. The number of nitrogen functional groups attached to an aromatic ring is 2. The molecular weight excluding hydrogens is 246 g/mol. The number of hydrogen-bond acceptors (Lipinski definition) is 6. The molecule has 0 spiro atoms. The van der Waals surface area contributed by atoms with Gasteiger partial charge in [0.2, 0.25) is 0 Å². The monoisotopic (exact) mass is 265 g/mol. The molecule has 2 rings (SSSR count). The summed E-state index contributed by atoms with van der Waals surface area (Å²) in [6.07, 6.45) is -0.257. The lowest BCUT2D eigenvalue weighted by Gasteiger charge is -2.34. The van der Waals surface area contributed by atoms with E-state index in [9.17, 15) is 4.79 Å². The summed E-state index contributed by atoms with van der Waals surface area (Å²) in [6.45, 7) is 4.84. The fourth-order valence-electron chi connectivity index (χ4n) is 1.98. The number of rotatable bonds is 2. The van der Waals surface area contributed by atoms with Gasteiger partial charge >= 0.3 is 6.09 Å². The second-order valence-corrected chi connectivity index (χ2v) is 4.32. The summed E-state index contributed by atoms with van der Waals surface area (Å²) in [6, 6.07) is 3.58. The maximum atomic E-state index is 11.6. The van der Waals surface area contributed by atoms with Gasteiger partial charge in [0.15, 0.2) is 0 Å². The normalized spacial score (nSPS) is 15.4. The van der Waals surface area contributed by atoms with Crippen molar-refractivity contribution >= 4 is 23.4 Å². The van der Waals surface area contributed by atoms with Crippen molar-refractivity contribution in [3.8, 4) is 0 Å². The second kappa shape index (κ2) is 5.64. The number of pyridine rings is 1. The summed E-state index contributed by atoms with van der Waals surface area (Å²) in [7, 11) is 0. The van der Waals surface area contributed by atoms with Crippen LogP contribution in [0.1, 0.15) is 6.92 Å². The Balaban J connectivity index is 1.96. The quantitative estimate of drug-likeness (QED) is 0.809. The lowest BCUT2D eigenvalue weighted by atomic mass is 10.3. The van der Waals surface area contributed by atoms with Gasteiger partial charge in [0.25, 0.3) is 0 Å². The van der Waals surface area contributed by atoms with E-state index in [1.165, 1.54) is 0 Å². The molecule has 2 heterocycles. The molecule has 1 aliphatic rings. The van der Waals surface area contributed by atoms with Crippen LogP contribution in [0.5, 0.6) is 0 Å². The highest BCUT2D eigenvalue weighted by molar-refractivity contribution is 5.68. The zero-order chi connectivity index (χ0) is 13.8. The molecule has 7 nitrogen and oxygen atoms in total. The van der Waals surface area contributed by atoms with Crippen LogP contribution in [-0.4, -0.2) is 48.8 Å². The first kappa shape index (κ1) is 13.3. The largest absolute Gasteiger partial charge is 0.450 e. The number of nitrogens with zero attached hydrogens (tertiary/aromatic N) is 3. The first-order valence-corrected chi connectivity index (χ1v) is 6.30. The van der Waals surface area contributed by atoms with Gasteiger partial charge in [0.05, 0.1) is 12.3 Å². The van der Waals surface area contributed by atoms with Gasteiger partial charge in [-0.05, 0) is 19.1 Å². The molecule has 0 aromatic carbocycles. The first-order chi connectivity index (χ1) is 9.11. The zero-order valence-corrected chi connectivity index (χ0v) is 11.0. The van der Waals surface area contributed by atoms with Crippen LogP contribution >= 0.6 is 0 Å². The molecule has 4 N–H and O–H groups in total. The van der Waals surface area contributed by atoms with Gasteiger partial charge in [-0.25, -0.2) is 9.78 Å². The number of anilines is 3. The van der Waals surface area contributed by atoms with Gasteiger partial charge < -0.3 is 26.0 Å². The van der Waals surface area contributed by atoms with E-state index in [4.69, 9.17) is 16.2 Å². The van der Waals surface area contributed by atoms with Gasteiger partial charge in [-0.1, -0.05) is 0 Å². The van der Waals surface area contributed by atoms with E-state index >= 15 is 0 Å². The number of carbonyl (C=O) groups excluding carboxylic acids is 1. The zero-order valence-electron chi connectivity index (χ0n) is 11.0. The number of hydrogen-bond donors (Lipinski definition) is 2. The van der Waals surface area contributed by atoms with Crippen LogP contribution in [0.15, 0.2) is 12.1 Å². The molecule has 1 aliphatic heterocycles. The van der Waals surface area contributed by atoms with Gasteiger partial charge in [-0.2, -0.15) is 0 Å². The minimum Gasteiger partial charge on any atom is -0.450 e. The third kappa shape index (κ3) is 2.98. The van der Waals surface area contributed by atoms with E-state index < -0.39 is 0 Å². The lowest BCUT2D eigenvalue weighted by molar-refractivity contribution is 0.105. The number of nitrogens with two attached hydrogens (primary N) is 2. The van der Waals surface area contributed by atoms with E-state index in [1.807, 2.05) is 6.07 Å². The summed E-state index contributed by atoms with van der Waals surface area (Å²) in [5, 5.41) is 0. The maximum absolute atomic E-state index is 11.6. The summed E-state index contributed by atoms with van der Waals surface area (Å²) in [4.78, 5) is 19.6. The SMILES string of the molecule is CCOC(=O)N1CCN(c2ccc(N)c(N)n2)CC1.